The molecule has 0 bridgehead atoms. The number of amides is 3. The topological polar surface area (TPSA) is 82.3 Å². The van der Waals surface area contributed by atoms with Gasteiger partial charge in [-0.3, -0.25) is 4.79 Å². The smallest absolute Gasteiger partial charge is 0.323 e. The number of rotatable bonds is 5. The number of carbonyl (C=O) groups excluding carboxylic acids is 2. The molecule has 0 radical (unpaired) electrons. The fraction of sp³-hybridized carbons (Fsp3) is 0.364. The van der Waals surface area contributed by atoms with Crippen LogP contribution in [0.5, 0.6) is 0 Å². The van der Waals surface area contributed by atoms with Crippen LogP contribution in [0.2, 0.25) is 0 Å². The second-order valence-electron chi connectivity index (χ2n) is 7.72. The van der Waals surface area contributed by atoms with Crippen molar-refractivity contribution >= 4 is 23.3 Å². The highest BCUT2D eigenvalue weighted by atomic mass is 16.2. The zero-order chi connectivity index (χ0) is 20.0. The lowest BCUT2D eigenvalue weighted by atomic mass is 9.81. The van der Waals surface area contributed by atoms with Gasteiger partial charge >= 0.3 is 6.03 Å². The Morgan fingerprint density at radius 2 is 1.75 bits per heavy atom. The Labute approximate surface area is 166 Å². The molecule has 0 atom stereocenters. The molecule has 4 N–H and O–H groups in total. The first-order chi connectivity index (χ1) is 13.5. The van der Waals surface area contributed by atoms with Crippen LogP contribution in [0.15, 0.2) is 48.5 Å². The van der Waals surface area contributed by atoms with E-state index in [1.165, 1.54) is 0 Å². The third-order valence-corrected chi connectivity index (χ3v) is 5.27. The Morgan fingerprint density at radius 1 is 1.04 bits per heavy atom. The molecule has 1 heterocycles. The van der Waals surface area contributed by atoms with Gasteiger partial charge in [0.15, 0.2) is 0 Å². The maximum Gasteiger partial charge on any atom is 0.323 e. The van der Waals surface area contributed by atoms with Crippen molar-refractivity contribution in [3.63, 3.8) is 0 Å². The van der Waals surface area contributed by atoms with Crippen LogP contribution in [0.4, 0.5) is 16.2 Å². The van der Waals surface area contributed by atoms with E-state index in [4.69, 9.17) is 0 Å². The molecule has 2 aromatic carbocycles. The zero-order valence-corrected chi connectivity index (χ0v) is 16.5. The minimum absolute atomic E-state index is 0.119. The van der Waals surface area contributed by atoms with Gasteiger partial charge in [-0.2, -0.15) is 0 Å². The predicted octanol–water partition coefficient (Wildman–Crippen LogP) is 3.76. The molecule has 1 fully saturated rings. The summed E-state index contributed by atoms with van der Waals surface area (Å²) in [7, 11) is 0. The van der Waals surface area contributed by atoms with E-state index in [1.54, 1.807) is 12.1 Å². The van der Waals surface area contributed by atoms with Gasteiger partial charge < -0.3 is 21.3 Å². The van der Waals surface area contributed by atoms with Gasteiger partial charge in [-0.15, -0.1) is 0 Å². The Balaban J connectivity index is 1.61. The van der Waals surface area contributed by atoms with E-state index in [-0.39, 0.29) is 17.4 Å². The monoisotopic (exact) mass is 380 g/mol. The van der Waals surface area contributed by atoms with E-state index in [9.17, 15) is 9.59 Å². The van der Waals surface area contributed by atoms with Crippen molar-refractivity contribution in [1.29, 1.82) is 0 Å². The van der Waals surface area contributed by atoms with Crippen LogP contribution in [0.3, 0.4) is 0 Å². The Morgan fingerprint density at radius 3 is 2.46 bits per heavy atom. The second-order valence-corrected chi connectivity index (χ2v) is 7.72. The van der Waals surface area contributed by atoms with E-state index in [0.717, 1.165) is 31.5 Å². The van der Waals surface area contributed by atoms with Crippen LogP contribution in [0.1, 0.15) is 35.7 Å². The highest BCUT2D eigenvalue weighted by molar-refractivity contribution is 6.02. The minimum Gasteiger partial charge on any atom is -0.351 e. The minimum atomic E-state index is -0.339. The van der Waals surface area contributed by atoms with Gasteiger partial charge in [0, 0.05) is 23.5 Å². The summed E-state index contributed by atoms with van der Waals surface area (Å²) in [4.78, 5) is 24.9. The van der Waals surface area contributed by atoms with Crippen molar-refractivity contribution in [2.24, 2.45) is 5.41 Å². The lowest BCUT2D eigenvalue weighted by Gasteiger charge is -2.34. The molecule has 6 nitrogen and oxygen atoms in total. The predicted molar refractivity (Wildman–Crippen MR) is 113 cm³/mol. The number of carbonyl (C=O) groups is 2. The molecule has 1 saturated heterocycles. The highest BCUT2D eigenvalue weighted by Gasteiger charge is 2.27. The van der Waals surface area contributed by atoms with Crippen LogP contribution in [-0.4, -0.2) is 31.6 Å². The van der Waals surface area contributed by atoms with E-state index in [2.05, 4.69) is 28.2 Å². The maximum absolute atomic E-state index is 12.6. The first-order valence-corrected chi connectivity index (χ1v) is 9.68. The number of hydrogen-bond donors (Lipinski definition) is 4. The van der Waals surface area contributed by atoms with E-state index in [1.807, 2.05) is 43.3 Å². The molecule has 6 heteroatoms. The number of aryl methyl sites for hydroxylation is 1. The van der Waals surface area contributed by atoms with Gasteiger partial charge in [-0.25, -0.2) is 4.79 Å². The summed E-state index contributed by atoms with van der Waals surface area (Å²) in [5.74, 6) is -0.119. The molecule has 1 aliphatic rings. The molecule has 148 valence electrons. The summed E-state index contributed by atoms with van der Waals surface area (Å²) in [6.45, 7) is 6.74. The van der Waals surface area contributed by atoms with Gasteiger partial charge in [-0.05, 0) is 68.1 Å². The SMILES string of the molecule is Cc1ccc(C(=O)NCC2(C)CCNCC2)cc1NC(=O)Nc1ccccc1. The highest BCUT2D eigenvalue weighted by Crippen LogP contribution is 2.27. The maximum atomic E-state index is 12.6. The van der Waals surface area contributed by atoms with Crippen molar-refractivity contribution in [1.82, 2.24) is 10.6 Å². The number of hydrogen-bond acceptors (Lipinski definition) is 3. The molecule has 0 aliphatic carbocycles. The van der Waals surface area contributed by atoms with Crippen LogP contribution < -0.4 is 21.3 Å². The third kappa shape index (κ3) is 5.33. The van der Waals surface area contributed by atoms with Crippen LogP contribution in [0, 0.1) is 12.3 Å². The first kappa shape index (κ1) is 19.9. The molecule has 1 aliphatic heterocycles. The van der Waals surface area contributed by atoms with Gasteiger partial charge in [0.25, 0.3) is 5.91 Å². The number of urea groups is 1. The van der Waals surface area contributed by atoms with E-state index in [0.29, 0.717) is 23.5 Å². The average molecular weight is 380 g/mol. The van der Waals surface area contributed by atoms with Crippen LogP contribution >= 0.6 is 0 Å². The summed E-state index contributed by atoms with van der Waals surface area (Å²) in [5.41, 5.74) is 2.89. The zero-order valence-electron chi connectivity index (χ0n) is 16.5. The van der Waals surface area contributed by atoms with Crippen molar-refractivity contribution in [2.45, 2.75) is 26.7 Å². The molecular formula is C22H28N4O2. The lowest BCUT2D eigenvalue weighted by Crippen LogP contribution is -2.42. The molecule has 0 unspecified atom stereocenters. The molecular weight excluding hydrogens is 352 g/mol. The van der Waals surface area contributed by atoms with Crippen molar-refractivity contribution in [3.05, 3.63) is 59.7 Å². The standard InChI is InChI=1S/C22H28N4O2/c1-16-8-9-17(20(27)24-15-22(2)10-12-23-13-11-22)14-19(16)26-21(28)25-18-6-4-3-5-7-18/h3-9,14,23H,10-13,15H2,1-2H3,(H,24,27)(H2,25,26,28). The van der Waals surface area contributed by atoms with E-state index >= 15 is 0 Å². The number of anilines is 2. The number of benzene rings is 2. The molecule has 0 spiro atoms. The van der Waals surface area contributed by atoms with Crippen molar-refractivity contribution in [2.75, 3.05) is 30.3 Å². The quantitative estimate of drug-likeness (QED) is 0.637. The summed E-state index contributed by atoms with van der Waals surface area (Å²) in [5, 5.41) is 12.0. The Hall–Kier alpha value is -2.86. The van der Waals surface area contributed by atoms with Crippen LogP contribution in [0.25, 0.3) is 0 Å². The second kappa shape index (κ2) is 8.89. The van der Waals surface area contributed by atoms with Gasteiger partial charge in [0.2, 0.25) is 0 Å². The van der Waals surface area contributed by atoms with Gasteiger partial charge in [0.05, 0.1) is 0 Å². The molecule has 28 heavy (non-hydrogen) atoms. The molecule has 3 amide bonds. The van der Waals surface area contributed by atoms with Crippen molar-refractivity contribution in [3.8, 4) is 0 Å². The largest absolute Gasteiger partial charge is 0.351 e. The number of piperidine rings is 1. The summed E-state index contributed by atoms with van der Waals surface area (Å²) < 4.78 is 0. The molecule has 2 aromatic rings. The molecule has 0 saturated carbocycles. The van der Waals surface area contributed by atoms with Crippen molar-refractivity contribution < 1.29 is 9.59 Å². The number of para-hydroxylation sites is 1. The molecule has 0 aromatic heterocycles. The average Bonchev–Trinajstić information content (AvgIpc) is 2.69. The summed E-state index contributed by atoms with van der Waals surface area (Å²) in [6.07, 6.45) is 2.10. The fourth-order valence-corrected chi connectivity index (χ4v) is 3.31. The Kier molecular flexibility index (Phi) is 6.31. The lowest BCUT2D eigenvalue weighted by molar-refractivity contribution is 0.0922. The summed E-state index contributed by atoms with van der Waals surface area (Å²) in [6, 6.07) is 14.3. The summed E-state index contributed by atoms with van der Waals surface area (Å²) >= 11 is 0. The molecule has 3 rings (SSSR count). The van der Waals surface area contributed by atoms with Crippen LogP contribution in [-0.2, 0) is 0 Å². The Bertz CT molecular complexity index is 830. The normalized spacial score (nSPS) is 15.5. The fourth-order valence-electron chi connectivity index (χ4n) is 3.31. The van der Waals surface area contributed by atoms with Gasteiger partial charge in [-0.1, -0.05) is 31.2 Å². The number of nitrogens with one attached hydrogen (secondary N) is 4. The third-order valence-electron chi connectivity index (χ3n) is 5.27. The van der Waals surface area contributed by atoms with Gasteiger partial charge in [0.1, 0.15) is 0 Å². The first-order valence-electron chi connectivity index (χ1n) is 9.68. The van der Waals surface area contributed by atoms with E-state index < -0.39 is 0 Å².